The summed E-state index contributed by atoms with van der Waals surface area (Å²) in [4.78, 5) is 10.2. The van der Waals surface area contributed by atoms with Gasteiger partial charge in [0.15, 0.2) is 6.23 Å². The van der Waals surface area contributed by atoms with Crippen LogP contribution in [0, 0.1) is 5.92 Å². The molecule has 0 spiro atoms. The molecule has 1 saturated heterocycles. The van der Waals surface area contributed by atoms with E-state index in [0.717, 1.165) is 12.8 Å². The molecule has 1 aliphatic carbocycles. The third-order valence-corrected chi connectivity index (χ3v) is 5.69. The van der Waals surface area contributed by atoms with Gasteiger partial charge >= 0.3 is 0 Å². The second-order valence-electron chi connectivity index (χ2n) is 7.60. The van der Waals surface area contributed by atoms with Gasteiger partial charge in [0.1, 0.15) is 36.4 Å². The first-order valence-corrected chi connectivity index (χ1v) is 9.73. The standard InChI is InChI=1S/C17H27N7O4.CH4/c18-14-11-15(22-17(21-14)23-20-6-9-4-2-1-3-5-9)24(8-19-11)16-13(27)12(26)10(7-25)28-16;/h6,8-13,15-16,25-27H,1-5,7H2,(H3,18,21,22,23);1H4/b20-6-;/t10?,11?,12-,13-,15?,16?;/m1./s1. The third kappa shape index (κ3) is 4.27. The number of hydrogen-bond acceptors (Lipinski definition) is 9. The Labute approximate surface area is 170 Å². The number of nitrogens with one attached hydrogen (secondary N) is 1. The average molecular weight is 409 g/mol. The number of fused-ring (bicyclic) bond motifs is 1. The van der Waals surface area contributed by atoms with E-state index in [1.165, 1.54) is 25.6 Å². The number of aliphatic hydroxyl groups excluding tert-OH is 3. The lowest BCUT2D eigenvalue weighted by molar-refractivity contribution is -0.0803. The van der Waals surface area contributed by atoms with Crippen molar-refractivity contribution in [1.82, 2.24) is 10.2 Å². The van der Waals surface area contributed by atoms with Crippen molar-refractivity contribution in [2.45, 2.75) is 76.3 Å². The van der Waals surface area contributed by atoms with Crippen LogP contribution in [0.2, 0.25) is 0 Å². The van der Waals surface area contributed by atoms with Crippen molar-refractivity contribution in [2.75, 3.05) is 6.61 Å². The Morgan fingerprint density at radius 3 is 2.72 bits per heavy atom. The number of amidine groups is 1. The molecular formula is C18H31N7O4. The summed E-state index contributed by atoms with van der Waals surface area (Å²) in [6, 6.07) is -0.470. The number of ether oxygens (including phenoxy) is 1. The fourth-order valence-corrected chi connectivity index (χ4v) is 4.08. The maximum atomic E-state index is 10.3. The highest BCUT2D eigenvalue weighted by atomic mass is 16.6. The fraction of sp³-hybridized carbons (Fsp3) is 0.778. The summed E-state index contributed by atoms with van der Waals surface area (Å²) in [5.74, 6) is 0.981. The molecule has 4 unspecified atom stereocenters. The zero-order valence-corrected chi connectivity index (χ0v) is 15.5. The van der Waals surface area contributed by atoms with Gasteiger partial charge in [0.25, 0.3) is 0 Å². The molecule has 29 heavy (non-hydrogen) atoms. The number of guanidine groups is 1. The Bertz CT molecular complexity index is 692. The lowest BCUT2D eigenvalue weighted by Crippen LogP contribution is -2.61. The van der Waals surface area contributed by atoms with E-state index < -0.39 is 43.4 Å². The highest BCUT2D eigenvalue weighted by molar-refractivity contribution is 6.02. The normalized spacial score (nSPS) is 38.8. The number of rotatable bonds is 4. The van der Waals surface area contributed by atoms with E-state index in [1.54, 1.807) is 4.90 Å². The number of nitrogens with two attached hydrogens (primary N) is 1. The second kappa shape index (κ2) is 9.16. The Kier molecular flexibility index (Phi) is 6.83. The summed E-state index contributed by atoms with van der Waals surface area (Å²) in [6.07, 6.45) is 4.72. The summed E-state index contributed by atoms with van der Waals surface area (Å²) >= 11 is 0. The van der Waals surface area contributed by atoms with Crippen molar-refractivity contribution in [1.29, 1.82) is 0 Å². The first-order valence-electron chi connectivity index (χ1n) is 9.73. The van der Waals surface area contributed by atoms with Gasteiger partial charge in [-0.25, -0.2) is 0 Å². The van der Waals surface area contributed by atoms with Crippen LogP contribution in [-0.4, -0.2) is 87.9 Å². The van der Waals surface area contributed by atoms with Crippen LogP contribution in [-0.2, 0) is 4.74 Å². The van der Waals surface area contributed by atoms with Crippen LogP contribution in [0.3, 0.4) is 0 Å². The largest absolute Gasteiger partial charge is 0.394 e. The number of aliphatic hydroxyl groups is 3. The van der Waals surface area contributed by atoms with E-state index in [2.05, 4.69) is 25.5 Å². The lowest BCUT2D eigenvalue weighted by Gasteiger charge is -2.35. The van der Waals surface area contributed by atoms with Crippen molar-refractivity contribution in [3.8, 4) is 0 Å². The Morgan fingerprint density at radius 1 is 1.28 bits per heavy atom. The SMILES string of the molecule is C.NC1=NC(=N/N=C\C2CCCCC2)NC2C1N=CN2C1OC(CO)[C@@H](O)[C@H]1O. The van der Waals surface area contributed by atoms with Crippen LogP contribution in [0.15, 0.2) is 20.2 Å². The number of aliphatic imine (C=N–C) groups is 2. The van der Waals surface area contributed by atoms with Gasteiger partial charge in [0.2, 0.25) is 5.96 Å². The topological polar surface area (TPSA) is 161 Å². The van der Waals surface area contributed by atoms with Crippen molar-refractivity contribution < 1.29 is 20.1 Å². The zero-order valence-electron chi connectivity index (χ0n) is 15.5. The molecule has 3 heterocycles. The van der Waals surface area contributed by atoms with Crippen LogP contribution in [0.25, 0.3) is 0 Å². The minimum Gasteiger partial charge on any atom is -0.394 e. The van der Waals surface area contributed by atoms with Crippen molar-refractivity contribution >= 4 is 24.3 Å². The fourth-order valence-electron chi connectivity index (χ4n) is 4.08. The van der Waals surface area contributed by atoms with E-state index in [1.807, 2.05) is 6.21 Å². The lowest BCUT2D eigenvalue weighted by atomic mass is 9.90. The second-order valence-corrected chi connectivity index (χ2v) is 7.60. The average Bonchev–Trinajstić information content (AvgIpc) is 3.24. The highest BCUT2D eigenvalue weighted by Gasteiger charge is 2.50. The van der Waals surface area contributed by atoms with Crippen molar-refractivity contribution in [3.05, 3.63) is 0 Å². The van der Waals surface area contributed by atoms with Crippen LogP contribution < -0.4 is 11.1 Å². The molecular weight excluding hydrogens is 378 g/mol. The smallest absolute Gasteiger partial charge is 0.246 e. The maximum absolute atomic E-state index is 10.3. The molecule has 11 nitrogen and oxygen atoms in total. The minimum absolute atomic E-state index is 0. The van der Waals surface area contributed by atoms with Gasteiger partial charge in [0, 0.05) is 6.21 Å². The van der Waals surface area contributed by atoms with E-state index in [4.69, 9.17) is 10.5 Å². The Hall–Kier alpha value is -2.08. The van der Waals surface area contributed by atoms with Crippen LogP contribution in [0.1, 0.15) is 39.5 Å². The van der Waals surface area contributed by atoms with E-state index in [-0.39, 0.29) is 19.2 Å². The molecule has 0 amide bonds. The van der Waals surface area contributed by atoms with Crippen LogP contribution >= 0.6 is 0 Å². The first-order chi connectivity index (χ1) is 13.6. The molecule has 3 aliphatic heterocycles. The maximum Gasteiger partial charge on any atom is 0.246 e. The molecule has 2 fully saturated rings. The molecule has 0 aromatic rings. The van der Waals surface area contributed by atoms with Gasteiger partial charge < -0.3 is 36.0 Å². The van der Waals surface area contributed by atoms with E-state index in [9.17, 15) is 15.3 Å². The van der Waals surface area contributed by atoms with Crippen molar-refractivity contribution in [2.24, 2.45) is 31.8 Å². The monoisotopic (exact) mass is 409 g/mol. The molecule has 6 atom stereocenters. The molecule has 6 N–H and O–H groups in total. The molecule has 1 saturated carbocycles. The molecule has 11 heteroatoms. The first kappa shape index (κ1) is 21.6. The number of nitrogens with zero attached hydrogens (tertiary/aromatic N) is 5. The summed E-state index contributed by atoms with van der Waals surface area (Å²) in [7, 11) is 0. The molecule has 0 aromatic carbocycles. The molecule has 4 aliphatic rings. The predicted molar refractivity (Wildman–Crippen MR) is 110 cm³/mol. The van der Waals surface area contributed by atoms with E-state index in [0.29, 0.717) is 5.92 Å². The van der Waals surface area contributed by atoms with Crippen molar-refractivity contribution in [3.63, 3.8) is 0 Å². The predicted octanol–water partition coefficient (Wildman–Crippen LogP) is -1.02. The minimum atomic E-state index is -1.20. The summed E-state index contributed by atoms with van der Waals surface area (Å²) in [5.41, 5.74) is 6.05. The third-order valence-electron chi connectivity index (χ3n) is 5.69. The summed E-state index contributed by atoms with van der Waals surface area (Å²) in [6.45, 7) is -0.395. The van der Waals surface area contributed by atoms with Gasteiger partial charge in [-0.3, -0.25) is 4.99 Å². The van der Waals surface area contributed by atoms with Crippen LogP contribution in [0.4, 0.5) is 0 Å². The summed E-state index contributed by atoms with van der Waals surface area (Å²) < 4.78 is 5.59. The zero-order chi connectivity index (χ0) is 19.7. The van der Waals surface area contributed by atoms with Crippen LogP contribution in [0.5, 0.6) is 0 Å². The molecule has 0 bridgehead atoms. The Morgan fingerprint density at radius 2 is 2.03 bits per heavy atom. The van der Waals surface area contributed by atoms with Gasteiger partial charge in [-0.1, -0.05) is 26.7 Å². The molecule has 162 valence electrons. The number of hydrogen-bond donors (Lipinski definition) is 5. The van der Waals surface area contributed by atoms with Gasteiger partial charge in [-0.2, -0.15) is 10.1 Å². The Balaban J connectivity index is 0.00000240. The molecule has 0 radical (unpaired) electrons. The summed E-state index contributed by atoms with van der Waals surface area (Å²) in [5, 5.41) is 41.0. The van der Waals surface area contributed by atoms with Gasteiger partial charge in [-0.15, -0.1) is 5.10 Å². The quantitative estimate of drug-likeness (QED) is 0.293. The van der Waals surface area contributed by atoms with Gasteiger partial charge in [-0.05, 0) is 18.8 Å². The highest BCUT2D eigenvalue weighted by Crippen LogP contribution is 2.28. The van der Waals surface area contributed by atoms with Gasteiger partial charge in [0.05, 0.1) is 12.9 Å². The molecule has 4 rings (SSSR count). The van der Waals surface area contributed by atoms with E-state index >= 15 is 0 Å². The molecule has 0 aromatic heterocycles.